The van der Waals surface area contributed by atoms with E-state index in [1.807, 2.05) is 48.5 Å². The van der Waals surface area contributed by atoms with Crippen LogP contribution in [-0.4, -0.2) is 11.7 Å². The van der Waals surface area contributed by atoms with Gasteiger partial charge in [0, 0.05) is 14.7 Å². The Kier molecular flexibility index (Phi) is 6.15. The largest absolute Gasteiger partial charge is 0.324 e. The van der Waals surface area contributed by atoms with Crippen molar-refractivity contribution in [2.24, 2.45) is 0 Å². The van der Waals surface area contributed by atoms with E-state index in [9.17, 15) is 4.79 Å². The van der Waals surface area contributed by atoms with Gasteiger partial charge in [-0.15, -0.1) is 11.8 Å². The van der Waals surface area contributed by atoms with Gasteiger partial charge in [-0.25, -0.2) is 0 Å². The van der Waals surface area contributed by atoms with Crippen LogP contribution in [0.2, 0.25) is 5.02 Å². The molecule has 1 atom stereocenters. The lowest BCUT2D eigenvalue weighted by Gasteiger charge is -2.13. The predicted octanol–water partition coefficient (Wildman–Crippen LogP) is 5.54. The van der Waals surface area contributed by atoms with Gasteiger partial charge >= 0.3 is 0 Å². The van der Waals surface area contributed by atoms with Crippen molar-refractivity contribution in [1.29, 1.82) is 0 Å². The highest BCUT2D eigenvalue weighted by Crippen LogP contribution is 2.33. The second kappa shape index (κ2) is 7.87. The Morgan fingerprint density at radius 1 is 1.24 bits per heavy atom. The molecule has 2 rings (SSSR count). The Bertz CT molecular complexity index is 635. The van der Waals surface area contributed by atoms with Crippen LogP contribution in [0.25, 0.3) is 0 Å². The van der Waals surface area contributed by atoms with Crippen LogP contribution in [0.5, 0.6) is 0 Å². The van der Waals surface area contributed by atoms with Crippen LogP contribution in [-0.2, 0) is 4.79 Å². The van der Waals surface area contributed by atoms with Crippen LogP contribution in [0, 0.1) is 0 Å². The third-order valence-corrected chi connectivity index (χ3v) is 5.17. The fraction of sp³-hybridized carbons (Fsp3) is 0.188. The lowest BCUT2D eigenvalue weighted by Crippen LogP contribution is -2.15. The van der Waals surface area contributed by atoms with E-state index >= 15 is 0 Å². The van der Waals surface area contributed by atoms with Crippen LogP contribution >= 0.6 is 39.3 Å². The number of carbonyl (C=O) groups is 1. The molecule has 110 valence electrons. The monoisotopic (exact) mass is 383 g/mol. The van der Waals surface area contributed by atoms with Crippen LogP contribution in [0.1, 0.15) is 17.7 Å². The highest BCUT2D eigenvalue weighted by molar-refractivity contribution is 9.10. The number of thioether (sulfide) groups is 1. The van der Waals surface area contributed by atoms with Gasteiger partial charge in [-0.3, -0.25) is 4.79 Å². The Balaban J connectivity index is 1.90. The summed E-state index contributed by atoms with van der Waals surface area (Å²) in [6, 6.07) is 15.3. The lowest BCUT2D eigenvalue weighted by atomic mass is 10.2. The first-order chi connectivity index (χ1) is 10.1. The highest BCUT2D eigenvalue weighted by atomic mass is 79.9. The SMILES string of the molecule is C[C@@H](SCC(=O)Nc1ccccc1Br)c1ccccc1Cl. The second-order valence-electron chi connectivity index (χ2n) is 4.50. The number of rotatable bonds is 5. The number of benzene rings is 2. The number of para-hydroxylation sites is 1. The summed E-state index contributed by atoms with van der Waals surface area (Å²) >= 11 is 11.1. The predicted molar refractivity (Wildman–Crippen MR) is 95.1 cm³/mol. The minimum atomic E-state index is -0.0224. The number of hydrogen-bond donors (Lipinski definition) is 1. The van der Waals surface area contributed by atoms with Crippen LogP contribution < -0.4 is 5.32 Å². The summed E-state index contributed by atoms with van der Waals surface area (Å²) in [6.07, 6.45) is 0. The van der Waals surface area contributed by atoms with E-state index in [4.69, 9.17) is 11.6 Å². The molecule has 0 radical (unpaired) electrons. The van der Waals surface area contributed by atoms with Gasteiger partial charge in [0.2, 0.25) is 5.91 Å². The third kappa shape index (κ3) is 4.77. The van der Waals surface area contributed by atoms with Gasteiger partial charge in [0.1, 0.15) is 0 Å². The maximum Gasteiger partial charge on any atom is 0.234 e. The molecule has 0 bridgehead atoms. The third-order valence-electron chi connectivity index (χ3n) is 2.96. The Hall–Kier alpha value is -0.970. The summed E-state index contributed by atoms with van der Waals surface area (Å²) < 4.78 is 0.877. The molecule has 0 aliphatic carbocycles. The average Bonchev–Trinajstić information content (AvgIpc) is 2.48. The van der Waals surface area contributed by atoms with Gasteiger partial charge in [-0.1, -0.05) is 41.9 Å². The summed E-state index contributed by atoms with van der Waals surface area (Å²) in [5, 5.41) is 3.80. The summed E-state index contributed by atoms with van der Waals surface area (Å²) in [7, 11) is 0. The molecule has 0 saturated carbocycles. The molecule has 0 saturated heterocycles. The van der Waals surface area contributed by atoms with Gasteiger partial charge in [0.15, 0.2) is 0 Å². The van der Waals surface area contributed by atoms with Gasteiger partial charge in [-0.05, 0) is 46.6 Å². The molecular weight excluding hydrogens is 370 g/mol. The summed E-state index contributed by atoms with van der Waals surface area (Å²) in [6.45, 7) is 2.05. The van der Waals surface area contributed by atoms with Gasteiger partial charge < -0.3 is 5.32 Å². The van der Waals surface area contributed by atoms with E-state index in [1.54, 1.807) is 11.8 Å². The molecule has 1 N–H and O–H groups in total. The molecule has 0 aliphatic heterocycles. The summed E-state index contributed by atoms with van der Waals surface area (Å²) in [5.74, 6) is 0.360. The molecule has 5 heteroatoms. The van der Waals surface area contributed by atoms with Crippen molar-refractivity contribution in [3.63, 3.8) is 0 Å². The van der Waals surface area contributed by atoms with Crippen LogP contribution in [0.3, 0.4) is 0 Å². The number of hydrogen-bond acceptors (Lipinski definition) is 2. The molecule has 2 aromatic rings. The number of halogens is 2. The summed E-state index contributed by atoms with van der Waals surface area (Å²) in [5.41, 5.74) is 1.84. The average molecular weight is 385 g/mol. The molecule has 0 spiro atoms. The number of anilines is 1. The molecule has 0 aliphatic rings. The fourth-order valence-electron chi connectivity index (χ4n) is 1.84. The Labute approximate surface area is 142 Å². The molecule has 0 aromatic heterocycles. The fourth-order valence-corrected chi connectivity index (χ4v) is 3.45. The zero-order valence-electron chi connectivity index (χ0n) is 11.5. The van der Waals surface area contributed by atoms with Crippen molar-refractivity contribution in [3.8, 4) is 0 Å². The minimum absolute atomic E-state index is 0.0224. The van der Waals surface area contributed by atoms with E-state index in [1.165, 1.54) is 0 Å². The molecule has 0 fully saturated rings. The van der Waals surface area contributed by atoms with Crippen molar-refractivity contribution < 1.29 is 4.79 Å². The highest BCUT2D eigenvalue weighted by Gasteiger charge is 2.12. The normalized spacial score (nSPS) is 12.0. The Morgan fingerprint density at radius 2 is 1.90 bits per heavy atom. The molecular formula is C16H15BrClNOS. The van der Waals surface area contributed by atoms with Crippen LogP contribution in [0.4, 0.5) is 5.69 Å². The molecule has 1 amide bonds. The van der Waals surface area contributed by atoms with Crippen molar-refractivity contribution >= 4 is 50.9 Å². The zero-order chi connectivity index (χ0) is 15.2. The van der Waals surface area contributed by atoms with E-state index in [0.29, 0.717) is 5.75 Å². The standard InChI is InChI=1S/C16H15BrClNOS/c1-11(12-6-2-4-8-14(12)18)21-10-16(20)19-15-9-5-3-7-13(15)17/h2-9,11H,10H2,1H3,(H,19,20)/t11-/m1/s1. The number of nitrogens with one attached hydrogen (secondary N) is 1. The topological polar surface area (TPSA) is 29.1 Å². The second-order valence-corrected chi connectivity index (χ2v) is 7.09. The molecule has 2 aromatic carbocycles. The van der Waals surface area contributed by atoms with E-state index in [-0.39, 0.29) is 11.2 Å². The number of amides is 1. The first kappa shape index (κ1) is 16.4. The minimum Gasteiger partial charge on any atom is -0.324 e. The van der Waals surface area contributed by atoms with E-state index < -0.39 is 0 Å². The van der Waals surface area contributed by atoms with Gasteiger partial charge in [0.05, 0.1) is 11.4 Å². The van der Waals surface area contributed by atoms with Crippen molar-refractivity contribution in [2.75, 3.05) is 11.1 Å². The molecule has 0 heterocycles. The van der Waals surface area contributed by atoms with Crippen molar-refractivity contribution in [2.45, 2.75) is 12.2 Å². The quantitative estimate of drug-likeness (QED) is 0.733. The molecule has 21 heavy (non-hydrogen) atoms. The maximum absolute atomic E-state index is 12.0. The van der Waals surface area contributed by atoms with Crippen LogP contribution in [0.15, 0.2) is 53.0 Å². The van der Waals surface area contributed by atoms with E-state index in [0.717, 1.165) is 20.7 Å². The molecule has 0 unspecified atom stereocenters. The van der Waals surface area contributed by atoms with E-state index in [2.05, 4.69) is 28.2 Å². The van der Waals surface area contributed by atoms with Gasteiger partial charge in [0.25, 0.3) is 0 Å². The first-order valence-corrected chi connectivity index (χ1v) is 8.70. The number of carbonyl (C=O) groups excluding carboxylic acids is 1. The Morgan fingerprint density at radius 3 is 2.62 bits per heavy atom. The summed E-state index contributed by atoms with van der Waals surface area (Å²) in [4.78, 5) is 12.0. The van der Waals surface area contributed by atoms with Crippen molar-refractivity contribution in [3.05, 3.63) is 63.6 Å². The van der Waals surface area contributed by atoms with Gasteiger partial charge in [-0.2, -0.15) is 0 Å². The smallest absolute Gasteiger partial charge is 0.234 e. The maximum atomic E-state index is 12.0. The lowest BCUT2D eigenvalue weighted by molar-refractivity contribution is -0.113. The first-order valence-electron chi connectivity index (χ1n) is 6.48. The molecule has 2 nitrogen and oxygen atoms in total. The van der Waals surface area contributed by atoms with Crippen molar-refractivity contribution in [1.82, 2.24) is 0 Å². The zero-order valence-corrected chi connectivity index (χ0v) is 14.6.